The highest BCUT2D eigenvalue weighted by Crippen LogP contribution is 2.32. The number of carbonyl (C=O) groups is 6. The van der Waals surface area contributed by atoms with Gasteiger partial charge < -0.3 is 41.7 Å². The molecule has 2 heterocycles. The molecule has 2 aromatic rings. The minimum Gasteiger partial charge on any atom is -0.347 e. The molecule has 2 fully saturated rings. The van der Waals surface area contributed by atoms with Gasteiger partial charge in [0.2, 0.25) is 35.4 Å². The van der Waals surface area contributed by atoms with Gasteiger partial charge in [-0.15, -0.1) is 24.8 Å². The number of fused-ring (bicyclic) bond motifs is 2. The Bertz CT molecular complexity index is 2190. The van der Waals surface area contributed by atoms with E-state index in [4.69, 9.17) is 0 Å². The Kier molecular flexibility index (Phi) is 20.6. The largest absolute Gasteiger partial charge is 0.347 e. The standard InChI is InChI=1S/C53H68N8O6.2ClH/c1-34(54-3)48(62)58-44(52(66)60-32-14-30-46(60)50(64)56-42-26-12-22-38-16-5-7-24-40(38)42)28-10-20-36-18-9-19-37(36)21-11-29-45(59-49(63)35(2)55-4)53(67)61-33-15-31-47(61)51(65)57-43-27-13-23-39-17-6-8-25-41(39)43;;/h5-8,16-17,24-25,34-35,42-47,54-55H,9,12-15,18-19,22-23,26-33H2,1-4H3,(H,56,64)(H,57,65)(H,58,62)(H,59,63);2*1H/t34-,35-,42+,43+,44-,45-,46-,47-;;/m0../s1. The molecule has 0 unspecified atom stereocenters. The maximum absolute atomic E-state index is 14.3. The fraction of sp³-hybridized carbons (Fsp3) is 0.547. The van der Waals surface area contributed by atoms with Crippen LogP contribution in [0.2, 0.25) is 0 Å². The van der Waals surface area contributed by atoms with Crippen LogP contribution < -0.4 is 31.9 Å². The van der Waals surface area contributed by atoms with Crippen molar-refractivity contribution in [3.05, 3.63) is 81.9 Å². The number of likely N-dealkylation sites (tertiary alicyclic amines) is 2. The number of hydrogen-bond donors (Lipinski definition) is 6. The number of nitrogens with one attached hydrogen (secondary N) is 6. The number of aryl methyl sites for hydroxylation is 2. The van der Waals surface area contributed by atoms with E-state index < -0.39 is 36.3 Å². The molecule has 14 nitrogen and oxygen atoms in total. The van der Waals surface area contributed by atoms with E-state index in [9.17, 15) is 28.8 Å². The van der Waals surface area contributed by atoms with Crippen molar-refractivity contribution in [1.29, 1.82) is 0 Å². The fourth-order valence-corrected chi connectivity index (χ4v) is 10.1. The van der Waals surface area contributed by atoms with Crippen LogP contribution in [-0.4, -0.2) is 109 Å². The summed E-state index contributed by atoms with van der Waals surface area (Å²) in [6.45, 7) is 4.24. The number of likely N-dealkylation sites (N-methyl/N-ethyl adjacent to an activating group) is 2. The average Bonchev–Trinajstić information content (AvgIpc) is 4.15. The normalized spacial score (nSPS) is 22.0. The van der Waals surface area contributed by atoms with E-state index in [1.807, 2.05) is 24.3 Å². The average molecular weight is 986 g/mol. The van der Waals surface area contributed by atoms with Crippen LogP contribution in [0, 0.1) is 23.7 Å². The van der Waals surface area contributed by atoms with Crippen molar-refractivity contribution in [3.63, 3.8) is 0 Å². The van der Waals surface area contributed by atoms with Crippen molar-refractivity contribution in [1.82, 2.24) is 41.7 Å². The number of nitrogens with zero attached hydrogens (tertiary/aromatic N) is 2. The smallest absolute Gasteiger partial charge is 0.246 e. The lowest BCUT2D eigenvalue weighted by Gasteiger charge is -2.31. The number of allylic oxidation sites excluding steroid dienone is 2. The van der Waals surface area contributed by atoms with Crippen LogP contribution in [-0.2, 0) is 41.6 Å². The highest BCUT2D eigenvalue weighted by molar-refractivity contribution is 5.95. The molecule has 6 N–H and O–H groups in total. The number of hydrogen-bond acceptors (Lipinski definition) is 8. The SMILES string of the molecule is CN[C@@H](C)C(=O)N[C@@H](CC#CC1=C(C#CC[C@H](NC(=O)[C@H](C)NC)C(=O)N2CCC[C@H]2C(=O)N[C@@H]2CCCc3ccccc32)CCC1)C(=O)N1CCC[C@H]1C(=O)N[C@@H]1CCCc2ccccc21.Cl.Cl. The first-order valence-electron chi connectivity index (χ1n) is 24.5. The first-order valence-corrected chi connectivity index (χ1v) is 24.5. The lowest BCUT2D eigenvalue weighted by atomic mass is 9.87. The molecule has 7 rings (SSSR count). The van der Waals surface area contributed by atoms with E-state index in [-0.39, 0.29) is 85.2 Å². The Labute approximate surface area is 420 Å². The number of rotatable bonds is 14. The van der Waals surface area contributed by atoms with Gasteiger partial charge in [0.25, 0.3) is 0 Å². The van der Waals surface area contributed by atoms with E-state index >= 15 is 0 Å². The highest BCUT2D eigenvalue weighted by Gasteiger charge is 2.40. The maximum atomic E-state index is 14.3. The van der Waals surface area contributed by atoms with Gasteiger partial charge in [-0.05, 0) is 134 Å². The number of amides is 6. The van der Waals surface area contributed by atoms with Gasteiger partial charge in [0.05, 0.1) is 24.2 Å². The third-order valence-corrected chi connectivity index (χ3v) is 14.2. The molecular weight excluding hydrogens is 916 g/mol. The Balaban J connectivity index is 0.00000444. The maximum Gasteiger partial charge on any atom is 0.246 e. The second-order valence-electron chi connectivity index (χ2n) is 18.6. The van der Waals surface area contributed by atoms with Crippen LogP contribution in [0.5, 0.6) is 0 Å². The van der Waals surface area contributed by atoms with E-state index in [0.29, 0.717) is 51.6 Å². The summed E-state index contributed by atoms with van der Waals surface area (Å²) >= 11 is 0. The summed E-state index contributed by atoms with van der Waals surface area (Å²) in [6, 6.07) is 11.8. The Morgan fingerprint density at radius 3 is 1.38 bits per heavy atom. The van der Waals surface area contributed by atoms with Crippen molar-refractivity contribution in [2.24, 2.45) is 0 Å². The minimum absolute atomic E-state index is 0. The van der Waals surface area contributed by atoms with E-state index in [0.717, 1.165) is 67.2 Å². The molecule has 2 saturated heterocycles. The van der Waals surface area contributed by atoms with Crippen LogP contribution in [0.4, 0.5) is 0 Å². The first-order chi connectivity index (χ1) is 32.5. The summed E-state index contributed by atoms with van der Waals surface area (Å²) in [5.74, 6) is 11.1. The van der Waals surface area contributed by atoms with Crippen molar-refractivity contribution < 1.29 is 28.8 Å². The summed E-state index contributed by atoms with van der Waals surface area (Å²) in [5, 5.41) is 18.2. The quantitative estimate of drug-likeness (QED) is 0.148. The lowest BCUT2D eigenvalue weighted by Crippen LogP contribution is -2.55. The Morgan fingerprint density at radius 2 is 0.971 bits per heavy atom. The molecule has 5 aliphatic rings. The van der Waals surface area contributed by atoms with Crippen LogP contribution in [0.15, 0.2) is 59.7 Å². The molecule has 16 heteroatoms. The Hall–Kier alpha value is -5.38. The summed E-state index contributed by atoms with van der Waals surface area (Å²) in [6.07, 6.45) is 10.3. The molecule has 0 radical (unpaired) electrons. The third-order valence-electron chi connectivity index (χ3n) is 14.2. The van der Waals surface area contributed by atoms with Gasteiger partial charge in [0, 0.05) is 37.1 Å². The molecular formula is C53H70Cl2N8O6. The van der Waals surface area contributed by atoms with Gasteiger partial charge in [-0.3, -0.25) is 28.8 Å². The predicted molar refractivity (Wildman–Crippen MR) is 271 cm³/mol. The molecule has 372 valence electrons. The van der Waals surface area contributed by atoms with Crippen LogP contribution >= 0.6 is 24.8 Å². The van der Waals surface area contributed by atoms with Crippen molar-refractivity contribution in [3.8, 4) is 23.7 Å². The molecule has 3 aliphatic carbocycles. The summed E-state index contributed by atoms with van der Waals surface area (Å²) < 4.78 is 0. The zero-order chi connectivity index (χ0) is 47.5. The zero-order valence-electron chi connectivity index (χ0n) is 40.4. The van der Waals surface area contributed by atoms with E-state index in [1.165, 1.54) is 11.1 Å². The second-order valence-corrected chi connectivity index (χ2v) is 18.6. The molecule has 8 atom stereocenters. The van der Waals surface area contributed by atoms with Gasteiger partial charge in [0.15, 0.2) is 0 Å². The summed E-state index contributed by atoms with van der Waals surface area (Å²) in [5.41, 5.74) is 6.39. The van der Waals surface area contributed by atoms with Crippen molar-refractivity contribution in [2.45, 2.75) is 158 Å². The Morgan fingerprint density at radius 1 is 0.565 bits per heavy atom. The monoisotopic (exact) mass is 984 g/mol. The molecule has 2 aromatic carbocycles. The molecule has 0 spiro atoms. The van der Waals surface area contributed by atoms with Crippen molar-refractivity contribution in [2.75, 3.05) is 27.2 Å². The van der Waals surface area contributed by atoms with E-state index in [1.54, 1.807) is 37.7 Å². The molecule has 6 amide bonds. The third kappa shape index (κ3) is 13.5. The number of carbonyl (C=O) groups excluding carboxylic acids is 6. The zero-order valence-corrected chi connectivity index (χ0v) is 42.1. The van der Waals surface area contributed by atoms with Gasteiger partial charge in [-0.2, -0.15) is 0 Å². The molecule has 0 bridgehead atoms. The van der Waals surface area contributed by atoms with Gasteiger partial charge >= 0.3 is 0 Å². The molecule has 0 aromatic heterocycles. The number of benzene rings is 2. The fourth-order valence-electron chi connectivity index (χ4n) is 10.1. The van der Waals surface area contributed by atoms with Crippen LogP contribution in [0.3, 0.4) is 0 Å². The minimum atomic E-state index is -0.971. The van der Waals surface area contributed by atoms with Gasteiger partial charge in [-0.25, -0.2) is 0 Å². The molecule has 2 aliphatic heterocycles. The molecule has 0 saturated carbocycles. The van der Waals surface area contributed by atoms with Crippen molar-refractivity contribution >= 4 is 60.3 Å². The number of halogens is 2. The van der Waals surface area contributed by atoms with Gasteiger partial charge in [0.1, 0.15) is 24.2 Å². The lowest BCUT2D eigenvalue weighted by molar-refractivity contribution is -0.141. The van der Waals surface area contributed by atoms with Crippen LogP contribution in [0.1, 0.15) is 132 Å². The highest BCUT2D eigenvalue weighted by atomic mass is 35.5. The topological polar surface area (TPSA) is 181 Å². The second kappa shape index (κ2) is 26.0. The van der Waals surface area contributed by atoms with Crippen LogP contribution in [0.25, 0.3) is 0 Å². The summed E-state index contributed by atoms with van der Waals surface area (Å²) in [4.78, 5) is 85.8. The van der Waals surface area contributed by atoms with Gasteiger partial charge in [-0.1, -0.05) is 72.2 Å². The first kappa shape index (κ1) is 54.6. The summed E-state index contributed by atoms with van der Waals surface area (Å²) in [7, 11) is 3.35. The predicted octanol–water partition coefficient (Wildman–Crippen LogP) is 4.65. The molecule has 69 heavy (non-hydrogen) atoms. The van der Waals surface area contributed by atoms with E-state index in [2.05, 4.69) is 79.8 Å².